The van der Waals surface area contributed by atoms with Crippen molar-refractivity contribution in [1.29, 1.82) is 5.26 Å². The molecule has 0 saturated carbocycles. The van der Waals surface area contributed by atoms with Gasteiger partial charge in [0, 0.05) is 4.90 Å². The Balaban J connectivity index is 2.95. The minimum atomic E-state index is 0.693. The third-order valence-corrected chi connectivity index (χ3v) is 3.53. The number of benzene rings is 1. The standard InChI is InChI=1S/C10H7NS2/c1-6-5-13-10-7(6)2-3-9(12)8(10)4-11/h2-3,5,12H,1H3. The highest BCUT2D eigenvalue weighted by Gasteiger charge is 2.07. The number of hydrogen-bond acceptors (Lipinski definition) is 3. The van der Waals surface area contributed by atoms with Crippen molar-refractivity contribution in [2.75, 3.05) is 0 Å². The van der Waals surface area contributed by atoms with Gasteiger partial charge in [-0.15, -0.1) is 24.0 Å². The zero-order chi connectivity index (χ0) is 9.42. The Hall–Kier alpha value is -0.980. The van der Waals surface area contributed by atoms with Gasteiger partial charge in [0.05, 0.1) is 10.3 Å². The molecule has 0 aliphatic heterocycles. The van der Waals surface area contributed by atoms with E-state index in [-0.39, 0.29) is 0 Å². The highest BCUT2D eigenvalue weighted by molar-refractivity contribution is 7.80. The maximum absolute atomic E-state index is 8.93. The van der Waals surface area contributed by atoms with Crippen molar-refractivity contribution in [3.8, 4) is 6.07 Å². The second-order valence-corrected chi connectivity index (χ2v) is 4.23. The molecule has 3 heteroatoms. The summed E-state index contributed by atoms with van der Waals surface area (Å²) in [7, 11) is 0. The van der Waals surface area contributed by atoms with Crippen LogP contribution in [0.25, 0.3) is 10.1 Å². The van der Waals surface area contributed by atoms with E-state index in [9.17, 15) is 0 Å². The molecule has 0 atom stereocenters. The molecule has 0 bridgehead atoms. The molecule has 2 aromatic rings. The number of thiophene rings is 1. The number of nitriles is 1. The number of rotatable bonds is 0. The Morgan fingerprint density at radius 1 is 1.46 bits per heavy atom. The predicted octanol–water partition coefficient (Wildman–Crippen LogP) is 3.37. The normalized spacial score (nSPS) is 10.2. The molecule has 0 N–H and O–H groups in total. The van der Waals surface area contributed by atoms with Gasteiger partial charge < -0.3 is 0 Å². The van der Waals surface area contributed by atoms with Crippen molar-refractivity contribution in [2.45, 2.75) is 11.8 Å². The maximum Gasteiger partial charge on any atom is 0.102 e. The van der Waals surface area contributed by atoms with Crippen molar-refractivity contribution < 1.29 is 0 Å². The van der Waals surface area contributed by atoms with Gasteiger partial charge in [0.25, 0.3) is 0 Å². The van der Waals surface area contributed by atoms with Crippen LogP contribution >= 0.6 is 24.0 Å². The number of fused-ring (bicyclic) bond motifs is 1. The summed E-state index contributed by atoms with van der Waals surface area (Å²) in [5, 5.41) is 12.2. The van der Waals surface area contributed by atoms with E-state index in [0.717, 1.165) is 9.60 Å². The molecule has 0 fully saturated rings. The summed E-state index contributed by atoms with van der Waals surface area (Å²) >= 11 is 5.86. The number of aryl methyl sites for hydroxylation is 1. The second-order valence-electron chi connectivity index (χ2n) is 2.87. The summed E-state index contributed by atoms with van der Waals surface area (Å²) in [5.41, 5.74) is 1.92. The SMILES string of the molecule is Cc1csc2c(C#N)c(S)ccc12. The monoisotopic (exact) mass is 205 g/mol. The lowest BCUT2D eigenvalue weighted by atomic mass is 10.1. The smallest absolute Gasteiger partial charge is 0.102 e. The van der Waals surface area contributed by atoms with Crippen molar-refractivity contribution in [3.63, 3.8) is 0 Å². The number of nitrogens with zero attached hydrogens (tertiary/aromatic N) is 1. The van der Waals surface area contributed by atoms with Crippen LogP contribution in [0.1, 0.15) is 11.1 Å². The lowest BCUT2D eigenvalue weighted by molar-refractivity contribution is 1.42. The summed E-state index contributed by atoms with van der Waals surface area (Å²) in [4.78, 5) is 0.761. The third kappa shape index (κ3) is 1.23. The van der Waals surface area contributed by atoms with Crippen LogP contribution in [-0.4, -0.2) is 0 Å². The van der Waals surface area contributed by atoms with E-state index in [2.05, 4.69) is 31.0 Å². The number of hydrogen-bond donors (Lipinski definition) is 1. The van der Waals surface area contributed by atoms with Gasteiger partial charge in [0.15, 0.2) is 0 Å². The first-order valence-corrected chi connectivity index (χ1v) is 5.16. The van der Waals surface area contributed by atoms with E-state index < -0.39 is 0 Å². The summed E-state index contributed by atoms with van der Waals surface area (Å²) in [5.74, 6) is 0. The summed E-state index contributed by atoms with van der Waals surface area (Å²) in [6, 6.07) is 6.08. The summed E-state index contributed by atoms with van der Waals surface area (Å²) < 4.78 is 1.05. The maximum atomic E-state index is 8.93. The van der Waals surface area contributed by atoms with E-state index in [1.165, 1.54) is 10.9 Å². The first-order chi connectivity index (χ1) is 6.24. The number of thiol groups is 1. The van der Waals surface area contributed by atoms with Crippen LogP contribution in [0.2, 0.25) is 0 Å². The molecule has 0 unspecified atom stereocenters. The molecule has 0 aliphatic carbocycles. The van der Waals surface area contributed by atoms with Crippen LogP contribution in [0, 0.1) is 18.3 Å². The van der Waals surface area contributed by atoms with Gasteiger partial charge in [-0.05, 0) is 29.3 Å². The molecular weight excluding hydrogens is 198 g/mol. The van der Waals surface area contributed by atoms with Crippen LogP contribution < -0.4 is 0 Å². The molecule has 1 aromatic heterocycles. The quantitative estimate of drug-likeness (QED) is 0.655. The van der Waals surface area contributed by atoms with E-state index in [1.54, 1.807) is 11.3 Å². The Morgan fingerprint density at radius 2 is 2.23 bits per heavy atom. The Kier molecular flexibility index (Phi) is 2.03. The zero-order valence-electron chi connectivity index (χ0n) is 7.03. The fraction of sp³-hybridized carbons (Fsp3) is 0.100. The summed E-state index contributed by atoms with van der Waals surface area (Å²) in [6.45, 7) is 2.05. The highest BCUT2D eigenvalue weighted by atomic mass is 32.1. The summed E-state index contributed by atoms with van der Waals surface area (Å²) in [6.07, 6.45) is 0. The highest BCUT2D eigenvalue weighted by Crippen LogP contribution is 2.31. The molecule has 0 amide bonds. The molecule has 1 heterocycles. The second kappa shape index (κ2) is 3.06. The van der Waals surface area contributed by atoms with Gasteiger partial charge in [-0.3, -0.25) is 0 Å². The fourth-order valence-electron chi connectivity index (χ4n) is 1.32. The average Bonchev–Trinajstić information content (AvgIpc) is 2.48. The van der Waals surface area contributed by atoms with E-state index in [4.69, 9.17) is 5.26 Å². The molecule has 0 radical (unpaired) electrons. The van der Waals surface area contributed by atoms with Crippen LogP contribution in [-0.2, 0) is 0 Å². The van der Waals surface area contributed by atoms with Gasteiger partial charge >= 0.3 is 0 Å². The molecule has 0 spiro atoms. The first-order valence-electron chi connectivity index (χ1n) is 3.84. The van der Waals surface area contributed by atoms with E-state index in [0.29, 0.717) is 5.56 Å². The largest absolute Gasteiger partial charge is 0.192 e. The fourth-order valence-corrected chi connectivity index (χ4v) is 2.69. The van der Waals surface area contributed by atoms with Crippen molar-refractivity contribution in [3.05, 3.63) is 28.6 Å². The predicted molar refractivity (Wildman–Crippen MR) is 58.5 cm³/mol. The van der Waals surface area contributed by atoms with Crippen LogP contribution in [0.5, 0.6) is 0 Å². The molecule has 0 saturated heterocycles. The Labute approximate surface area is 86.0 Å². The topological polar surface area (TPSA) is 23.8 Å². The van der Waals surface area contributed by atoms with Gasteiger partial charge in [-0.25, -0.2) is 0 Å². The van der Waals surface area contributed by atoms with Crippen molar-refractivity contribution in [1.82, 2.24) is 0 Å². The molecule has 1 aromatic carbocycles. The molecule has 64 valence electrons. The lowest BCUT2D eigenvalue weighted by Crippen LogP contribution is -1.78. The van der Waals surface area contributed by atoms with Crippen LogP contribution in [0.4, 0.5) is 0 Å². The minimum Gasteiger partial charge on any atom is -0.192 e. The van der Waals surface area contributed by atoms with Gasteiger partial charge in [-0.2, -0.15) is 5.26 Å². The molecule has 13 heavy (non-hydrogen) atoms. The van der Waals surface area contributed by atoms with Gasteiger partial charge in [0.2, 0.25) is 0 Å². The van der Waals surface area contributed by atoms with Crippen LogP contribution in [0.3, 0.4) is 0 Å². The first kappa shape index (κ1) is 8.61. The molecular formula is C10H7NS2. The Bertz CT molecular complexity index is 505. The molecule has 1 nitrogen and oxygen atoms in total. The molecule has 0 aliphatic rings. The van der Waals surface area contributed by atoms with Crippen molar-refractivity contribution >= 4 is 34.1 Å². The zero-order valence-corrected chi connectivity index (χ0v) is 8.75. The van der Waals surface area contributed by atoms with Gasteiger partial charge in [-0.1, -0.05) is 6.07 Å². The van der Waals surface area contributed by atoms with Crippen molar-refractivity contribution in [2.24, 2.45) is 0 Å². The van der Waals surface area contributed by atoms with E-state index >= 15 is 0 Å². The van der Waals surface area contributed by atoms with Gasteiger partial charge in [0.1, 0.15) is 6.07 Å². The average molecular weight is 205 g/mol. The lowest BCUT2D eigenvalue weighted by Gasteiger charge is -1.97. The third-order valence-electron chi connectivity index (χ3n) is 2.03. The Morgan fingerprint density at radius 3 is 2.92 bits per heavy atom. The van der Waals surface area contributed by atoms with E-state index in [1.807, 2.05) is 12.1 Å². The molecule has 2 rings (SSSR count). The van der Waals surface area contributed by atoms with Crippen LogP contribution in [0.15, 0.2) is 22.4 Å². The minimum absolute atomic E-state index is 0.693.